The quantitative estimate of drug-likeness (QED) is 0.514. The van der Waals surface area contributed by atoms with Crippen molar-refractivity contribution in [1.29, 1.82) is 0 Å². The molecule has 1 N–H and O–H groups in total. The number of benzene rings is 2. The van der Waals surface area contributed by atoms with Crippen molar-refractivity contribution in [2.24, 2.45) is 0 Å². The summed E-state index contributed by atoms with van der Waals surface area (Å²) in [5, 5.41) is 0. The Morgan fingerprint density at radius 2 is 1.93 bits per heavy atom. The summed E-state index contributed by atoms with van der Waals surface area (Å²) in [5.41, 5.74) is 4.18. The monoisotopic (exact) mass is 405 g/mol. The van der Waals surface area contributed by atoms with Crippen LogP contribution in [0.4, 0.5) is 0 Å². The highest BCUT2D eigenvalue weighted by Crippen LogP contribution is 2.22. The number of methoxy groups -OCH3 is 1. The average Bonchev–Trinajstić information content (AvgIpc) is 3.34. The van der Waals surface area contributed by atoms with Crippen LogP contribution in [0, 0.1) is 0 Å². The van der Waals surface area contributed by atoms with E-state index in [9.17, 15) is 4.79 Å². The molecule has 2 aromatic carbocycles. The first kappa shape index (κ1) is 18.8. The molecule has 8 nitrogen and oxygen atoms in total. The third-order valence-corrected chi connectivity index (χ3v) is 5.46. The molecule has 30 heavy (non-hydrogen) atoms. The number of imidazole rings is 2. The number of H-pyrrole nitrogens is 1. The number of carbonyl (C=O) groups excluding carboxylic acids is 1. The van der Waals surface area contributed by atoms with Crippen molar-refractivity contribution in [2.75, 3.05) is 33.4 Å². The maximum Gasteiger partial charge on any atom is 0.337 e. The minimum atomic E-state index is -0.358. The summed E-state index contributed by atoms with van der Waals surface area (Å²) in [5.74, 6) is 1.43. The lowest BCUT2D eigenvalue weighted by atomic mass is 10.2. The number of morpholine rings is 1. The van der Waals surface area contributed by atoms with E-state index in [4.69, 9.17) is 19.4 Å². The van der Waals surface area contributed by atoms with E-state index in [1.807, 2.05) is 36.4 Å². The van der Waals surface area contributed by atoms with Gasteiger partial charge in [0.1, 0.15) is 11.6 Å². The molecule has 0 radical (unpaired) electrons. The van der Waals surface area contributed by atoms with E-state index in [-0.39, 0.29) is 5.97 Å². The van der Waals surface area contributed by atoms with Crippen LogP contribution in [0.3, 0.4) is 0 Å². The van der Waals surface area contributed by atoms with Crippen molar-refractivity contribution in [3.8, 4) is 0 Å². The summed E-state index contributed by atoms with van der Waals surface area (Å²) in [7, 11) is 1.39. The molecule has 0 bridgehead atoms. The highest BCUT2D eigenvalue weighted by molar-refractivity contribution is 5.93. The van der Waals surface area contributed by atoms with E-state index in [1.165, 1.54) is 7.11 Å². The number of para-hydroxylation sites is 2. The van der Waals surface area contributed by atoms with E-state index in [1.54, 1.807) is 6.07 Å². The predicted molar refractivity (Wildman–Crippen MR) is 112 cm³/mol. The zero-order valence-electron chi connectivity index (χ0n) is 16.8. The van der Waals surface area contributed by atoms with Crippen molar-refractivity contribution < 1.29 is 14.3 Å². The molecule has 0 unspecified atom stereocenters. The van der Waals surface area contributed by atoms with Crippen LogP contribution in [0.1, 0.15) is 22.0 Å². The third-order valence-electron chi connectivity index (χ3n) is 5.46. The average molecular weight is 405 g/mol. The molecule has 8 heteroatoms. The molecular formula is C22H23N5O3. The van der Waals surface area contributed by atoms with E-state index in [0.29, 0.717) is 18.7 Å². The number of rotatable bonds is 5. The number of carbonyl (C=O) groups is 1. The van der Waals surface area contributed by atoms with E-state index >= 15 is 0 Å². The fraction of sp³-hybridized carbons (Fsp3) is 0.318. The second-order valence-electron chi connectivity index (χ2n) is 7.40. The normalized spacial score (nSPS) is 15.1. The zero-order valence-corrected chi connectivity index (χ0v) is 16.8. The second kappa shape index (κ2) is 7.89. The van der Waals surface area contributed by atoms with E-state index < -0.39 is 0 Å². The fourth-order valence-electron chi connectivity index (χ4n) is 3.90. The number of nitrogens with one attached hydrogen (secondary N) is 1. The van der Waals surface area contributed by atoms with Gasteiger partial charge < -0.3 is 19.0 Å². The molecule has 1 fully saturated rings. The minimum Gasteiger partial charge on any atom is -0.465 e. The number of hydrogen-bond acceptors (Lipinski definition) is 6. The van der Waals surface area contributed by atoms with Gasteiger partial charge in [0.05, 0.1) is 61.0 Å². The number of hydrogen-bond donors (Lipinski definition) is 1. The predicted octanol–water partition coefficient (Wildman–Crippen LogP) is 2.58. The summed E-state index contributed by atoms with van der Waals surface area (Å²) >= 11 is 0. The van der Waals surface area contributed by atoms with Crippen molar-refractivity contribution >= 4 is 28.0 Å². The SMILES string of the molecule is COC(=O)c1ccc2nc(CN3CCOCC3)n(Cc3nc4ccccc4[nH]3)c2c1. The Morgan fingerprint density at radius 3 is 2.73 bits per heavy atom. The highest BCUT2D eigenvalue weighted by Gasteiger charge is 2.19. The molecule has 0 saturated carbocycles. The fourth-order valence-corrected chi connectivity index (χ4v) is 3.90. The van der Waals surface area contributed by atoms with Crippen LogP contribution in [-0.2, 0) is 22.6 Å². The van der Waals surface area contributed by atoms with Crippen molar-refractivity contribution in [3.63, 3.8) is 0 Å². The third kappa shape index (κ3) is 3.55. The Bertz CT molecular complexity index is 1170. The lowest BCUT2D eigenvalue weighted by molar-refractivity contribution is 0.0327. The topological polar surface area (TPSA) is 85.3 Å². The lowest BCUT2D eigenvalue weighted by Gasteiger charge is -2.26. The molecule has 0 spiro atoms. The van der Waals surface area contributed by atoms with Gasteiger partial charge in [0.2, 0.25) is 0 Å². The first-order chi connectivity index (χ1) is 14.7. The number of fused-ring (bicyclic) bond motifs is 2. The van der Waals surface area contributed by atoms with Gasteiger partial charge in [-0.3, -0.25) is 4.90 Å². The van der Waals surface area contributed by atoms with Crippen molar-refractivity contribution in [1.82, 2.24) is 24.4 Å². The van der Waals surface area contributed by atoms with Gasteiger partial charge in [0, 0.05) is 13.1 Å². The highest BCUT2D eigenvalue weighted by atomic mass is 16.5. The molecule has 1 aliphatic heterocycles. The van der Waals surface area contributed by atoms with Gasteiger partial charge in [0.25, 0.3) is 0 Å². The summed E-state index contributed by atoms with van der Waals surface area (Å²) in [6, 6.07) is 13.5. The summed E-state index contributed by atoms with van der Waals surface area (Å²) in [6.07, 6.45) is 0. The molecule has 1 saturated heterocycles. The first-order valence-electron chi connectivity index (χ1n) is 10.0. The molecule has 0 aliphatic carbocycles. The van der Waals surface area contributed by atoms with Gasteiger partial charge in [-0.15, -0.1) is 0 Å². The molecule has 1 aliphatic rings. The van der Waals surface area contributed by atoms with Crippen LogP contribution >= 0.6 is 0 Å². The Morgan fingerprint density at radius 1 is 1.10 bits per heavy atom. The molecule has 0 atom stereocenters. The van der Waals surface area contributed by atoms with Crippen LogP contribution < -0.4 is 0 Å². The van der Waals surface area contributed by atoms with Crippen LogP contribution in [0.25, 0.3) is 22.1 Å². The van der Waals surface area contributed by atoms with Gasteiger partial charge in [0.15, 0.2) is 0 Å². The molecule has 5 rings (SSSR count). The van der Waals surface area contributed by atoms with Gasteiger partial charge in [-0.2, -0.15) is 0 Å². The number of nitrogens with zero attached hydrogens (tertiary/aromatic N) is 4. The summed E-state index contributed by atoms with van der Waals surface area (Å²) < 4.78 is 12.5. The largest absolute Gasteiger partial charge is 0.465 e. The minimum absolute atomic E-state index is 0.358. The Labute approximate surface area is 173 Å². The van der Waals surface area contributed by atoms with Crippen LogP contribution in [0.15, 0.2) is 42.5 Å². The molecule has 154 valence electrons. The standard InChI is InChI=1S/C22H23N5O3/c1-29-22(28)15-6-7-18-19(12-15)27(21(25-18)14-26-8-10-30-11-9-26)13-20-23-16-4-2-3-5-17(16)24-20/h2-7,12H,8-11,13-14H2,1H3,(H,23,24). The smallest absolute Gasteiger partial charge is 0.337 e. The molecule has 3 heterocycles. The van der Waals surface area contributed by atoms with Crippen molar-refractivity contribution in [2.45, 2.75) is 13.1 Å². The second-order valence-corrected chi connectivity index (χ2v) is 7.40. The summed E-state index contributed by atoms with van der Waals surface area (Å²) in [6.45, 7) is 4.47. The van der Waals surface area contributed by atoms with Crippen LogP contribution in [0.2, 0.25) is 0 Å². The maximum atomic E-state index is 12.1. The van der Waals surface area contributed by atoms with Gasteiger partial charge >= 0.3 is 5.97 Å². The van der Waals surface area contributed by atoms with Crippen LogP contribution in [0.5, 0.6) is 0 Å². The maximum absolute atomic E-state index is 12.1. The first-order valence-corrected chi connectivity index (χ1v) is 10.0. The lowest BCUT2D eigenvalue weighted by Crippen LogP contribution is -2.36. The number of aromatic nitrogens is 4. The van der Waals surface area contributed by atoms with Gasteiger partial charge in [-0.1, -0.05) is 12.1 Å². The number of esters is 1. The summed E-state index contributed by atoms with van der Waals surface area (Å²) in [4.78, 5) is 27.4. The van der Waals surface area contributed by atoms with E-state index in [0.717, 1.165) is 60.0 Å². The van der Waals surface area contributed by atoms with E-state index in [2.05, 4.69) is 14.5 Å². The van der Waals surface area contributed by atoms with Gasteiger partial charge in [-0.25, -0.2) is 14.8 Å². The van der Waals surface area contributed by atoms with Crippen molar-refractivity contribution in [3.05, 3.63) is 59.7 Å². The molecule has 2 aromatic heterocycles. The zero-order chi connectivity index (χ0) is 20.5. The van der Waals surface area contributed by atoms with Gasteiger partial charge in [-0.05, 0) is 30.3 Å². The van der Waals surface area contributed by atoms with Crippen LogP contribution in [-0.4, -0.2) is 63.8 Å². The Balaban J connectivity index is 1.57. The number of aromatic amines is 1. The Hall–Kier alpha value is -3.23. The number of ether oxygens (including phenoxy) is 2. The molecular weight excluding hydrogens is 382 g/mol. The molecule has 0 amide bonds. The Kier molecular flexibility index (Phi) is 4.94. The molecule has 4 aromatic rings.